The highest BCUT2D eigenvalue weighted by Crippen LogP contribution is 2.31. The Kier molecular flexibility index (Phi) is 3.97. The molecule has 1 unspecified atom stereocenters. The van der Waals surface area contributed by atoms with Crippen molar-refractivity contribution in [3.8, 4) is 12.3 Å². The van der Waals surface area contributed by atoms with E-state index < -0.39 is 6.10 Å². The first-order valence-electron chi connectivity index (χ1n) is 4.91. The van der Waals surface area contributed by atoms with E-state index in [1.165, 1.54) is 7.11 Å². The van der Waals surface area contributed by atoms with Gasteiger partial charge >= 0.3 is 5.97 Å². The van der Waals surface area contributed by atoms with Crippen molar-refractivity contribution in [1.29, 1.82) is 0 Å². The fourth-order valence-electron chi connectivity index (χ4n) is 1.97. The number of hydrogen-bond acceptors (Lipinski definition) is 3. The maximum Gasteiger partial charge on any atom is 0.308 e. The van der Waals surface area contributed by atoms with E-state index in [4.69, 9.17) is 6.42 Å². The Bertz CT molecular complexity index is 233. The lowest BCUT2D eigenvalue weighted by Crippen LogP contribution is -2.28. The van der Waals surface area contributed by atoms with Crippen molar-refractivity contribution in [2.45, 2.75) is 31.8 Å². The van der Waals surface area contributed by atoms with Crippen LogP contribution in [0.3, 0.4) is 0 Å². The van der Waals surface area contributed by atoms with Gasteiger partial charge in [-0.3, -0.25) is 4.79 Å². The Labute approximate surface area is 84.5 Å². The summed E-state index contributed by atoms with van der Waals surface area (Å²) in [7, 11) is 1.41. The van der Waals surface area contributed by atoms with Crippen LogP contribution in [0.1, 0.15) is 25.7 Å². The largest absolute Gasteiger partial charge is 0.469 e. The molecule has 0 amide bonds. The number of aliphatic hydroxyl groups excluding tert-OH is 1. The summed E-state index contributed by atoms with van der Waals surface area (Å²) in [6.07, 6.45) is 7.64. The molecule has 0 aromatic rings. The average molecular weight is 196 g/mol. The number of carbonyl (C=O) groups is 1. The van der Waals surface area contributed by atoms with Crippen LogP contribution in [0.15, 0.2) is 0 Å². The number of methoxy groups -OCH3 is 1. The van der Waals surface area contributed by atoms with E-state index in [9.17, 15) is 9.90 Å². The maximum atomic E-state index is 11.2. The zero-order chi connectivity index (χ0) is 10.6. The molecule has 1 saturated carbocycles. The number of rotatable bonds is 2. The van der Waals surface area contributed by atoms with Gasteiger partial charge in [-0.05, 0) is 31.6 Å². The molecule has 0 spiro atoms. The lowest BCUT2D eigenvalue weighted by Gasteiger charge is -2.27. The lowest BCUT2D eigenvalue weighted by molar-refractivity contribution is -0.147. The first-order valence-corrected chi connectivity index (χ1v) is 4.91. The van der Waals surface area contributed by atoms with Crippen LogP contribution in [0.2, 0.25) is 0 Å². The van der Waals surface area contributed by atoms with Crippen LogP contribution >= 0.6 is 0 Å². The van der Waals surface area contributed by atoms with Crippen LogP contribution in [-0.4, -0.2) is 24.3 Å². The van der Waals surface area contributed by atoms with Gasteiger partial charge in [-0.1, -0.05) is 5.92 Å². The summed E-state index contributed by atoms with van der Waals surface area (Å²) in [6.45, 7) is 0. The van der Waals surface area contributed by atoms with E-state index in [1.54, 1.807) is 0 Å². The molecule has 1 rings (SSSR count). The van der Waals surface area contributed by atoms with E-state index in [2.05, 4.69) is 10.7 Å². The van der Waals surface area contributed by atoms with Crippen molar-refractivity contribution in [3.63, 3.8) is 0 Å². The highest BCUT2D eigenvalue weighted by Gasteiger charge is 2.29. The molecule has 1 aliphatic rings. The molecule has 0 aromatic carbocycles. The van der Waals surface area contributed by atoms with Crippen molar-refractivity contribution < 1.29 is 14.6 Å². The maximum absolute atomic E-state index is 11.2. The molecule has 0 saturated heterocycles. The Morgan fingerprint density at radius 2 is 2.07 bits per heavy atom. The number of hydrogen-bond donors (Lipinski definition) is 1. The summed E-state index contributed by atoms with van der Waals surface area (Å²) in [5, 5.41) is 9.41. The van der Waals surface area contributed by atoms with Gasteiger partial charge in [0.25, 0.3) is 0 Å². The van der Waals surface area contributed by atoms with Crippen molar-refractivity contribution in [2.24, 2.45) is 11.8 Å². The molecule has 1 fully saturated rings. The highest BCUT2D eigenvalue weighted by molar-refractivity contribution is 5.72. The van der Waals surface area contributed by atoms with Crippen LogP contribution in [0, 0.1) is 24.2 Å². The molecule has 3 heteroatoms. The van der Waals surface area contributed by atoms with Gasteiger partial charge < -0.3 is 9.84 Å². The number of esters is 1. The molecule has 1 N–H and O–H groups in total. The molecule has 0 aliphatic heterocycles. The number of ether oxygens (including phenoxy) is 1. The van der Waals surface area contributed by atoms with Gasteiger partial charge in [0, 0.05) is 0 Å². The summed E-state index contributed by atoms with van der Waals surface area (Å²) in [5.74, 6) is 2.35. The van der Waals surface area contributed by atoms with E-state index >= 15 is 0 Å². The number of terminal acetylenes is 1. The predicted octanol–water partition coefficient (Wildman–Crippen LogP) is 0.960. The quantitative estimate of drug-likeness (QED) is 0.528. The molecule has 1 aliphatic carbocycles. The molecule has 0 heterocycles. The third kappa shape index (κ3) is 2.49. The minimum absolute atomic E-state index is 0.00113. The summed E-state index contributed by atoms with van der Waals surface area (Å²) in [5.41, 5.74) is 0. The summed E-state index contributed by atoms with van der Waals surface area (Å²) < 4.78 is 4.67. The smallest absolute Gasteiger partial charge is 0.308 e. The normalized spacial score (nSPS) is 28.9. The fraction of sp³-hybridized carbons (Fsp3) is 0.727. The zero-order valence-electron chi connectivity index (χ0n) is 8.40. The second-order valence-corrected chi connectivity index (χ2v) is 3.75. The highest BCUT2D eigenvalue weighted by atomic mass is 16.5. The average Bonchev–Trinajstić information content (AvgIpc) is 2.27. The minimum atomic E-state index is -0.659. The first kappa shape index (κ1) is 11.1. The van der Waals surface area contributed by atoms with Gasteiger partial charge in [-0.2, -0.15) is 0 Å². The molecular weight excluding hydrogens is 180 g/mol. The van der Waals surface area contributed by atoms with Crippen LogP contribution in [0.4, 0.5) is 0 Å². The van der Waals surface area contributed by atoms with Crippen LogP contribution in [-0.2, 0) is 9.53 Å². The number of aliphatic hydroxyl groups is 1. The Morgan fingerprint density at radius 3 is 2.50 bits per heavy atom. The predicted molar refractivity (Wildman–Crippen MR) is 52.3 cm³/mol. The molecule has 0 bridgehead atoms. The van der Waals surface area contributed by atoms with E-state index in [-0.39, 0.29) is 17.8 Å². The Balaban J connectivity index is 2.39. The molecule has 14 heavy (non-hydrogen) atoms. The Morgan fingerprint density at radius 1 is 1.50 bits per heavy atom. The van der Waals surface area contributed by atoms with Crippen molar-refractivity contribution >= 4 is 5.97 Å². The third-order valence-corrected chi connectivity index (χ3v) is 2.92. The molecule has 1 atom stereocenters. The monoisotopic (exact) mass is 196 g/mol. The van der Waals surface area contributed by atoms with Crippen molar-refractivity contribution in [1.82, 2.24) is 0 Å². The van der Waals surface area contributed by atoms with Crippen LogP contribution in [0.25, 0.3) is 0 Å². The van der Waals surface area contributed by atoms with Crippen LogP contribution < -0.4 is 0 Å². The first-order chi connectivity index (χ1) is 6.69. The molecule has 0 radical (unpaired) electrons. The summed E-state index contributed by atoms with van der Waals surface area (Å²) >= 11 is 0. The van der Waals surface area contributed by atoms with Gasteiger partial charge in [-0.25, -0.2) is 0 Å². The zero-order valence-corrected chi connectivity index (χ0v) is 8.40. The standard InChI is InChI=1S/C11H16O3/c1-3-10(12)8-4-6-9(7-5-8)11(13)14-2/h1,8-10,12H,4-7H2,2H3. The van der Waals surface area contributed by atoms with Gasteiger partial charge in [0.05, 0.1) is 13.0 Å². The van der Waals surface area contributed by atoms with E-state index in [0.29, 0.717) is 0 Å². The van der Waals surface area contributed by atoms with Gasteiger partial charge in [0.2, 0.25) is 0 Å². The molecule has 3 nitrogen and oxygen atoms in total. The molecular formula is C11H16O3. The van der Waals surface area contributed by atoms with Gasteiger partial charge in [0.1, 0.15) is 6.10 Å². The molecule has 78 valence electrons. The van der Waals surface area contributed by atoms with Gasteiger partial charge in [-0.15, -0.1) is 6.42 Å². The topological polar surface area (TPSA) is 46.5 Å². The second kappa shape index (κ2) is 5.02. The van der Waals surface area contributed by atoms with Crippen molar-refractivity contribution in [2.75, 3.05) is 7.11 Å². The van der Waals surface area contributed by atoms with Crippen LogP contribution in [0.5, 0.6) is 0 Å². The van der Waals surface area contributed by atoms with Crippen molar-refractivity contribution in [3.05, 3.63) is 0 Å². The van der Waals surface area contributed by atoms with E-state index in [1.807, 2.05) is 0 Å². The second-order valence-electron chi connectivity index (χ2n) is 3.75. The number of carbonyl (C=O) groups excluding carboxylic acids is 1. The summed E-state index contributed by atoms with van der Waals surface area (Å²) in [6, 6.07) is 0. The van der Waals surface area contributed by atoms with Gasteiger partial charge in [0.15, 0.2) is 0 Å². The fourth-order valence-corrected chi connectivity index (χ4v) is 1.97. The SMILES string of the molecule is C#CC(O)C1CCC(C(=O)OC)CC1. The Hall–Kier alpha value is -1.01. The minimum Gasteiger partial charge on any atom is -0.469 e. The summed E-state index contributed by atoms with van der Waals surface area (Å²) in [4.78, 5) is 11.2. The lowest BCUT2D eigenvalue weighted by atomic mass is 9.79. The third-order valence-electron chi connectivity index (χ3n) is 2.92. The molecule has 0 aromatic heterocycles. The van der Waals surface area contributed by atoms with E-state index in [0.717, 1.165) is 25.7 Å².